The molecule has 3 N–H and O–H groups in total. The highest BCUT2D eigenvalue weighted by Crippen LogP contribution is 2.29. The molecule has 10 heteroatoms. The lowest BCUT2D eigenvalue weighted by atomic mass is 10.1. The lowest BCUT2D eigenvalue weighted by molar-refractivity contribution is -0.114. The van der Waals surface area contributed by atoms with E-state index < -0.39 is 11.8 Å². The molecule has 4 rings (SSSR count). The predicted octanol–water partition coefficient (Wildman–Crippen LogP) is 5.85. The summed E-state index contributed by atoms with van der Waals surface area (Å²) in [6.45, 7) is 0. The van der Waals surface area contributed by atoms with E-state index in [1.807, 2.05) is 12.1 Å². The topological polar surface area (TPSA) is 115 Å². The summed E-state index contributed by atoms with van der Waals surface area (Å²) < 4.78 is 15.9. The quantitative estimate of drug-likeness (QED) is 0.139. The van der Waals surface area contributed by atoms with E-state index in [1.54, 1.807) is 98.1 Å². The van der Waals surface area contributed by atoms with E-state index in [0.717, 1.165) is 4.90 Å². The second-order valence-electron chi connectivity index (χ2n) is 9.00. The number of hydrogen-bond acceptors (Lipinski definition) is 7. The molecule has 0 fully saturated rings. The lowest BCUT2D eigenvalue weighted by Gasteiger charge is -2.13. The molecule has 0 saturated heterocycles. The van der Waals surface area contributed by atoms with E-state index in [1.165, 1.54) is 26.0 Å². The average molecular weight is 598 g/mol. The van der Waals surface area contributed by atoms with Crippen LogP contribution in [0.2, 0.25) is 0 Å². The molecule has 0 spiro atoms. The fourth-order valence-electron chi connectivity index (χ4n) is 3.96. The number of anilines is 2. The highest BCUT2D eigenvalue weighted by Gasteiger charge is 2.16. The molecule has 0 bridgehead atoms. The Bertz CT molecular complexity index is 1610. The number of nitrogens with one attached hydrogen (secondary N) is 3. The van der Waals surface area contributed by atoms with Crippen molar-refractivity contribution in [3.05, 3.63) is 114 Å². The molecular weight excluding hydrogens is 566 g/mol. The van der Waals surface area contributed by atoms with E-state index in [9.17, 15) is 14.4 Å². The molecule has 3 amide bonds. The number of ether oxygens (including phenoxy) is 3. The number of rotatable bonds is 12. The van der Waals surface area contributed by atoms with Gasteiger partial charge in [0.2, 0.25) is 5.91 Å². The van der Waals surface area contributed by atoms with E-state index >= 15 is 0 Å². The standard InChI is InChI=1S/C33H31N3O6S/c1-40-25-15-18-30(42-3)27(20-25)35-31(37)21-43-26-16-13-24(14-17-26)34-33(39)28(19-23-11-7-8-12-29(23)41-2)36-32(38)22-9-5-4-6-10-22/h4-20H,21H2,1-3H3,(H,34,39)(H,35,37)(H,36,38)/b28-19-. The fourth-order valence-corrected chi connectivity index (χ4v) is 4.66. The van der Waals surface area contributed by atoms with Gasteiger partial charge in [-0.15, -0.1) is 11.8 Å². The first kappa shape index (κ1) is 30.7. The summed E-state index contributed by atoms with van der Waals surface area (Å²) in [5, 5.41) is 8.39. The summed E-state index contributed by atoms with van der Waals surface area (Å²) in [6.07, 6.45) is 1.56. The first-order valence-corrected chi connectivity index (χ1v) is 14.2. The van der Waals surface area contributed by atoms with Crippen LogP contribution in [0.3, 0.4) is 0 Å². The number of para-hydroxylation sites is 1. The largest absolute Gasteiger partial charge is 0.497 e. The molecule has 4 aromatic carbocycles. The van der Waals surface area contributed by atoms with Crippen molar-refractivity contribution in [2.24, 2.45) is 0 Å². The molecule has 43 heavy (non-hydrogen) atoms. The van der Waals surface area contributed by atoms with Crippen molar-refractivity contribution >= 4 is 46.9 Å². The first-order chi connectivity index (χ1) is 20.9. The van der Waals surface area contributed by atoms with Gasteiger partial charge in [-0.3, -0.25) is 14.4 Å². The summed E-state index contributed by atoms with van der Waals surface area (Å²) >= 11 is 1.34. The molecule has 0 heterocycles. The number of amides is 3. The van der Waals surface area contributed by atoms with Crippen LogP contribution in [-0.2, 0) is 9.59 Å². The maximum atomic E-state index is 13.3. The highest BCUT2D eigenvalue weighted by molar-refractivity contribution is 8.00. The maximum Gasteiger partial charge on any atom is 0.272 e. The minimum Gasteiger partial charge on any atom is -0.497 e. The summed E-state index contributed by atoms with van der Waals surface area (Å²) in [5.41, 5.74) is 2.11. The molecule has 0 atom stereocenters. The second kappa shape index (κ2) is 15.1. The van der Waals surface area contributed by atoms with Crippen LogP contribution in [0.25, 0.3) is 6.08 Å². The van der Waals surface area contributed by atoms with Crippen LogP contribution in [0.5, 0.6) is 17.2 Å². The summed E-state index contributed by atoms with van der Waals surface area (Å²) in [7, 11) is 4.61. The molecule has 220 valence electrons. The van der Waals surface area contributed by atoms with E-state index in [0.29, 0.717) is 39.8 Å². The van der Waals surface area contributed by atoms with Crippen molar-refractivity contribution in [2.75, 3.05) is 37.7 Å². The number of thioether (sulfide) groups is 1. The molecule has 0 radical (unpaired) electrons. The number of carbonyl (C=O) groups excluding carboxylic acids is 3. The number of hydrogen-bond donors (Lipinski definition) is 3. The number of methoxy groups -OCH3 is 3. The predicted molar refractivity (Wildman–Crippen MR) is 169 cm³/mol. The van der Waals surface area contributed by atoms with Crippen molar-refractivity contribution in [3.63, 3.8) is 0 Å². The monoisotopic (exact) mass is 597 g/mol. The van der Waals surface area contributed by atoms with Gasteiger partial charge in [0.05, 0.1) is 32.8 Å². The van der Waals surface area contributed by atoms with Crippen LogP contribution in [0.1, 0.15) is 15.9 Å². The van der Waals surface area contributed by atoms with Crippen molar-refractivity contribution in [3.8, 4) is 17.2 Å². The summed E-state index contributed by atoms with van der Waals surface area (Å²) in [4.78, 5) is 39.7. The zero-order valence-electron chi connectivity index (χ0n) is 23.9. The molecule has 0 aliphatic rings. The van der Waals surface area contributed by atoms with Crippen molar-refractivity contribution in [2.45, 2.75) is 4.90 Å². The zero-order valence-corrected chi connectivity index (χ0v) is 24.7. The Morgan fingerprint density at radius 1 is 0.744 bits per heavy atom. The Morgan fingerprint density at radius 2 is 1.44 bits per heavy atom. The van der Waals surface area contributed by atoms with Gasteiger partial charge in [0, 0.05) is 27.8 Å². The van der Waals surface area contributed by atoms with Crippen LogP contribution in [0.15, 0.2) is 108 Å². The van der Waals surface area contributed by atoms with Gasteiger partial charge in [0.15, 0.2) is 0 Å². The van der Waals surface area contributed by atoms with Gasteiger partial charge in [-0.05, 0) is 60.7 Å². The van der Waals surface area contributed by atoms with E-state index in [2.05, 4.69) is 16.0 Å². The van der Waals surface area contributed by atoms with Crippen LogP contribution in [0, 0.1) is 0 Å². The third-order valence-corrected chi connectivity index (χ3v) is 7.14. The second-order valence-corrected chi connectivity index (χ2v) is 10.1. The Labute approximate surface area is 254 Å². The van der Waals surface area contributed by atoms with Gasteiger partial charge in [-0.1, -0.05) is 36.4 Å². The Morgan fingerprint density at radius 3 is 2.14 bits per heavy atom. The van der Waals surface area contributed by atoms with Gasteiger partial charge < -0.3 is 30.2 Å². The maximum absolute atomic E-state index is 13.3. The lowest BCUT2D eigenvalue weighted by Crippen LogP contribution is -2.30. The molecule has 0 aliphatic carbocycles. The molecule has 0 aliphatic heterocycles. The minimum absolute atomic E-state index is 0.0430. The highest BCUT2D eigenvalue weighted by atomic mass is 32.2. The third kappa shape index (κ3) is 8.64. The molecule has 4 aromatic rings. The van der Waals surface area contributed by atoms with Crippen LogP contribution < -0.4 is 30.2 Å². The normalized spacial score (nSPS) is 10.8. The number of carbonyl (C=O) groups is 3. The van der Waals surface area contributed by atoms with Gasteiger partial charge >= 0.3 is 0 Å². The van der Waals surface area contributed by atoms with Gasteiger partial charge in [0.1, 0.15) is 22.9 Å². The molecular formula is C33H31N3O6S. The molecule has 9 nitrogen and oxygen atoms in total. The van der Waals surface area contributed by atoms with Crippen molar-refractivity contribution < 1.29 is 28.6 Å². The third-order valence-electron chi connectivity index (χ3n) is 6.13. The Balaban J connectivity index is 1.42. The van der Waals surface area contributed by atoms with Crippen LogP contribution in [-0.4, -0.2) is 44.8 Å². The van der Waals surface area contributed by atoms with Gasteiger partial charge in [-0.25, -0.2) is 0 Å². The summed E-state index contributed by atoms with van der Waals surface area (Å²) in [5.74, 6) is 0.686. The smallest absolute Gasteiger partial charge is 0.272 e. The van der Waals surface area contributed by atoms with Crippen molar-refractivity contribution in [1.29, 1.82) is 0 Å². The summed E-state index contributed by atoms with van der Waals surface area (Å²) in [6, 6.07) is 28.0. The van der Waals surface area contributed by atoms with Crippen LogP contribution in [0.4, 0.5) is 11.4 Å². The van der Waals surface area contributed by atoms with Gasteiger partial charge in [0.25, 0.3) is 11.8 Å². The average Bonchev–Trinajstić information content (AvgIpc) is 3.04. The Hall–Kier alpha value is -5.22. The zero-order chi connectivity index (χ0) is 30.6. The van der Waals surface area contributed by atoms with E-state index in [4.69, 9.17) is 14.2 Å². The van der Waals surface area contributed by atoms with Gasteiger partial charge in [-0.2, -0.15) is 0 Å². The van der Waals surface area contributed by atoms with Crippen molar-refractivity contribution in [1.82, 2.24) is 5.32 Å². The minimum atomic E-state index is -0.512. The molecule has 0 aromatic heterocycles. The van der Waals surface area contributed by atoms with E-state index in [-0.39, 0.29) is 17.4 Å². The fraction of sp³-hybridized carbons (Fsp3) is 0.121. The SMILES string of the molecule is COc1ccc(OC)c(NC(=O)CSc2ccc(NC(=O)/C(=C/c3ccccc3OC)NC(=O)c3ccccc3)cc2)c1. The first-order valence-electron chi connectivity index (χ1n) is 13.2. The van der Waals surface area contributed by atoms with Crippen LogP contribution >= 0.6 is 11.8 Å². The number of benzene rings is 4. The molecule has 0 unspecified atom stereocenters. The molecule has 0 saturated carbocycles. The Kier molecular flexibility index (Phi) is 10.8.